The zero-order chi connectivity index (χ0) is 13.4. The minimum atomic E-state index is 0.183. The quantitative estimate of drug-likeness (QED) is 0.562. The number of benzene rings is 1. The number of halogens is 1. The summed E-state index contributed by atoms with van der Waals surface area (Å²) in [5.41, 5.74) is 2.80. The fourth-order valence-electron chi connectivity index (χ4n) is 1.74. The summed E-state index contributed by atoms with van der Waals surface area (Å²) in [6, 6.07) is 7.59. The maximum atomic E-state index is 5.89. The van der Waals surface area contributed by atoms with E-state index in [9.17, 15) is 0 Å². The van der Waals surface area contributed by atoms with E-state index in [2.05, 4.69) is 19.3 Å². The summed E-state index contributed by atoms with van der Waals surface area (Å²) in [4.78, 5) is 0. The van der Waals surface area contributed by atoms with Gasteiger partial charge in [0.05, 0.1) is 6.04 Å². The summed E-state index contributed by atoms with van der Waals surface area (Å²) < 4.78 is 5.67. The summed E-state index contributed by atoms with van der Waals surface area (Å²) >= 11 is 5.89. The van der Waals surface area contributed by atoms with Crippen molar-refractivity contribution in [2.75, 3.05) is 6.61 Å². The van der Waals surface area contributed by atoms with Crippen molar-refractivity contribution in [3.8, 4) is 5.75 Å². The Kier molecular flexibility index (Phi) is 7.09. The van der Waals surface area contributed by atoms with E-state index in [0.29, 0.717) is 11.6 Å². The van der Waals surface area contributed by atoms with Crippen LogP contribution < -0.4 is 16.0 Å². The summed E-state index contributed by atoms with van der Waals surface area (Å²) in [5, 5.41) is 0.685. The predicted octanol–water partition coefficient (Wildman–Crippen LogP) is 3.38. The lowest BCUT2D eigenvalue weighted by molar-refractivity contribution is 0.253. The van der Waals surface area contributed by atoms with Crippen LogP contribution in [0.15, 0.2) is 24.3 Å². The normalized spacial score (nSPS) is 12.7. The monoisotopic (exact) mass is 270 g/mol. The van der Waals surface area contributed by atoms with Crippen molar-refractivity contribution in [3.05, 3.63) is 29.3 Å². The van der Waals surface area contributed by atoms with Crippen LogP contribution in [0.1, 0.15) is 33.1 Å². The van der Waals surface area contributed by atoms with E-state index in [4.69, 9.17) is 22.2 Å². The van der Waals surface area contributed by atoms with Crippen LogP contribution in [0, 0.1) is 5.92 Å². The van der Waals surface area contributed by atoms with Crippen molar-refractivity contribution in [1.29, 1.82) is 0 Å². The molecule has 0 bridgehead atoms. The van der Waals surface area contributed by atoms with Crippen molar-refractivity contribution in [2.45, 2.75) is 39.2 Å². The molecule has 0 saturated carbocycles. The lowest BCUT2D eigenvalue weighted by Crippen LogP contribution is -2.39. The van der Waals surface area contributed by atoms with E-state index in [1.807, 2.05) is 24.3 Å². The molecule has 0 spiro atoms. The average molecular weight is 271 g/mol. The summed E-state index contributed by atoms with van der Waals surface area (Å²) in [5.74, 6) is 7.05. The van der Waals surface area contributed by atoms with Crippen molar-refractivity contribution < 1.29 is 4.74 Å². The van der Waals surface area contributed by atoms with Gasteiger partial charge in [0.15, 0.2) is 0 Å². The fourth-order valence-corrected chi connectivity index (χ4v) is 1.92. The van der Waals surface area contributed by atoms with Gasteiger partial charge < -0.3 is 4.74 Å². The van der Waals surface area contributed by atoms with E-state index >= 15 is 0 Å². The van der Waals surface area contributed by atoms with Crippen molar-refractivity contribution >= 4 is 11.6 Å². The second kappa shape index (κ2) is 8.35. The van der Waals surface area contributed by atoms with E-state index < -0.39 is 0 Å². The first-order valence-corrected chi connectivity index (χ1v) is 6.84. The van der Waals surface area contributed by atoms with Crippen LogP contribution in [0.3, 0.4) is 0 Å². The van der Waals surface area contributed by atoms with Gasteiger partial charge in [-0.3, -0.25) is 11.3 Å². The Morgan fingerprint density at radius 3 is 2.72 bits per heavy atom. The Morgan fingerprint density at radius 1 is 1.33 bits per heavy atom. The molecule has 1 aromatic carbocycles. The highest BCUT2D eigenvalue weighted by Crippen LogP contribution is 2.17. The molecule has 0 aliphatic rings. The first-order chi connectivity index (χ1) is 8.61. The maximum Gasteiger partial charge on any atom is 0.120 e. The molecule has 0 aromatic heterocycles. The largest absolute Gasteiger partial charge is 0.492 e. The number of nitrogens with two attached hydrogens (primary N) is 1. The summed E-state index contributed by atoms with van der Waals surface area (Å²) in [6.07, 6.45) is 3.40. The molecule has 0 aliphatic carbocycles. The first-order valence-electron chi connectivity index (χ1n) is 6.46. The molecule has 1 atom stereocenters. The molecule has 1 aromatic rings. The van der Waals surface area contributed by atoms with Gasteiger partial charge in [-0.15, -0.1) is 0 Å². The highest BCUT2D eigenvalue weighted by atomic mass is 35.5. The van der Waals surface area contributed by atoms with Gasteiger partial charge in [0.2, 0.25) is 0 Å². The van der Waals surface area contributed by atoms with Gasteiger partial charge in [-0.05, 0) is 30.5 Å². The molecule has 0 radical (unpaired) electrons. The SMILES string of the molecule is CC(C)CCCC(COc1cccc(Cl)c1)NN. The number of ether oxygens (including phenoxy) is 1. The molecule has 102 valence electrons. The number of hydrogen-bond acceptors (Lipinski definition) is 3. The lowest BCUT2D eigenvalue weighted by atomic mass is 10.0. The summed E-state index contributed by atoms with van der Waals surface area (Å²) in [7, 11) is 0. The average Bonchev–Trinajstić information content (AvgIpc) is 2.33. The van der Waals surface area contributed by atoms with E-state index in [1.54, 1.807) is 0 Å². The molecule has 18 heavy (non-hydrogen) atoms. The smallest absolute Gasteiger partial charge is 0.120 e. The first kappa shape index (κ1) is 15.3. The van der Waals surface area contributed by atoms with Crippen molar-refractivity contribution in [2.24, 2.45) is 11.8 Å². The van der Waals surface area contributed by atoms with Gasteiger partial charge in [0, 0.05) is 5.02 Å². The van der Waals surface area contributed by atoms with Crippen LogP contribution in [-0.2, 0) is 0 Å². The zero-order valence-corrected chi connectivity index (χ0v) is 11.9. The van der Waals surface area contributed by atoms with Crippen LogP contribution in [0.25, 0.3) is 0 Å². The molecule has 3 nitrogen and oxygen atoms in total. The standard InChI is InChI=1S/C14H23ClN2O/c1-11(2)5-3-7-13(17-16)10-18-14-8-4-6-12(15)9-14/h4,6,8-9,11,13,17H,3,5,7,10,16H2,1-2H3. The number of hydrogen-bond donors (Lipinski definition) is 2. The molecule has 0 aliphatic heterocycles. The third-order valence-corrected chi connectivity index (χ3v) is 3.05. The van der Waals surface area contributed by atoms with E-state index in [1.165, 1.54) is 6.42 Å². The minimum Gasteiger partial charge on any atom is -0.492 e. The predicted molar refractivity (Wildman–Crippen MR) is 76.7 cm³/mol. The second-order valence-corrected chi connectivity index (χ2v) is 5.39. The third kappa shape index (κ3) is 6.24. The molecule has 3 N–H and O–H groups in total. The van der Waals surface area contributed by atoms with Gasteiger partial charge in [-0.25, -0.2) is 0 Å². The zero-order valence-electron chi connectivity index (χ0n) is 11.2. The van der Waals surface area contributed by atoms with Gasteiger partial charge in [0.25, 0.3) is 0 Å². The van der Waals surface area contributed by atoms with Crippen molar-refractivity contribution in [1.82, 2.24) is 5.43 Å². The molecule has 4 heteroatoms. The molecule has 0 heterocycles. The number of rotatable bonds is 8. The van der Waals surface area contributed by atoms with Crippen LogP contribution in [-0.4, -0.2) is 12.6 Å². The van der Waals surface area contributed by atoms with Gasteiger partial charge in [-0.2, -0.15) is 0 Å². The topological polar surface area (TPSA) is 47.3 Å². The van der Waals surface area contributed by atoms with Crippen LogP contribution in [0.5, 0.6) is 5.75 Å². The Labute approximate surface area is 115 Å². The Hall–Kier alpha value is -0.770. The molecule has 1 rings (SSSR count). The molecular weight excluding hydrogens is 248 g/mol. The van der Waals surface area contributed by atoms with Crippen LogP contribution in [0.2, 0.25) is 5.02 Å². The second-order valence-electron chi connectivity index (χ2n) is 4.96. The molecule has 0 amide bonds. The Morgan fingerprint density at radius 2 is 2.11 bits per heavy atom. The maximum absolute atomic E-state index is 5.89. The number of hydrazine groups is 1. The van der Waals surface area contributed by atoms with Crippen molar-refractivity contribution in [3.63, 3.8) is 0 Å². The van der Waals surface area contributed by atoms with Gasteiger partial charge in [-0.1, -0.05) is 44.4 Å². The highest BCUT2D eigenvalue weighted by Gasteiger charge is 2.08. The lowest BCUT2D eigenvalue weighted by Gasteiger charge is -2.17. The van der Waals surface area contributed by atoms with E-state index in [-0.39, 0.29) is 6.04 Å². The third-order valence-electron chi connectivity index (χ3n) is 2.82. The number of nitrogens with one attached hydrogen (secondary N) is 1. The Bertz CT molecular complexity index is 344. The Balaban J connectivity index is 2.30. The van der Waals surface area contributed by atoms with Crippen LogP contribution in [0.4, 0.5) is 0 Å². The van der Waals surface area contributed by atoms with Gasteiger partial charge >= 0.3 is 0 Å². The molecular formula is C14H23ClN2O. The summed E-state index contributed by atoms with van der Waals surface area (Å²) in [6.45, 7) is 5.02. The minimum absolute atomic E-state index is 0.183. The molecule has 0 saturated heterocycles. The highest BCUT2D eigenvalue weighted by molar-refractivity contribution is 6.30. The van der Waals surface area contributed by atoms with Gasteiger partial charge in [0.1, 0.15) is 12.4 Å². The molecule has 1 unspecified atom stereocenters. The fraction of sp³-hybridized carbons (Fsp3) is 0.571. The van der Waals surface area contributed by atoms with Crippen LogP contribution >= 0.6 is 11.6 Å². The molecule has 0 fully saturated rings. The van der Waals surface area contributed by atoms with E-state index in [0.717, 1.165) is 24.5 Å².